The van der Waals surface area contributed by atoms with Gasteiger partial charge in [-0.15, -0.1) is 0 Å². The van der Waals surface area contributed by atoms with Crippen LogP contribution in [0.5, 0.6) is 0 Å². The minimum absolute atomic E-state index is 0.270. The molecule has 0 unspecified atom stereocenters. The maximum absolute atomic E-state index is 13.5. The number of carbonyl (C=O) groups excluding carboxylic acids is 2. The first kappa shape index (κ1) is 18.6. The summed E-state index contributed by atoms with van der Waals surface area (Å²) in [5.41, 5.74) is 3.49. The van der Waals surface area contributed by atoms with Gasteiger partial charge in [-0.25, -0.2) is 4.79 Å². The lowest BCUT2D eigenvalue weighted by molar-refractivity contribution is 0.0280. The second kappa shape index (κ2) is 8.10. The Balaban J connectivity index is 1.74. The van der Waals surface area contributed by atoms with Crippen molar-refractivity contribution in [2.24, 2.45) is 0 Å². The van der Waals surface area contributed by atoms with Gasteiger partial charge >= 0.3 is 5.97 Å². The molecule has 0 aliphatic rings. The monoisotopic (exact) mass is 384 g/mol. The van der Waals surface area contributed by atoms with Crippen LogP contribution in [0, 0.1) is 0 Å². The molecule has 5 nitrogen and oxygen atoms in total. The molecule has 1 N–H and O–H groups in total. The zero-order valence-corrected chi connectivity index (χ0v) is 16.0. The number of fused-ring (bicyclic) bond motifs is 1. The molecular weight excluding hydrogens is 364 g/mol. The van der Waals surface area contributed by atoms with Crippen molar-refractivity contribution in [3.63, 3.8) is 0 Å². The topological polar surface area (TPSA) is 72.1 Å². The summed E-state index contributed by atoms with van der Waals surface area (Å²) in [7, 11) is 0. The van der Waals surface area contributed by atoms with Crippen LogP contribution in [-0.2, 0) is 11.2 Å². The number of pyridine rings is 1. The third-order valence-electron chi connectivity index (χ3n) is 4.91. The van der Waals surface area contributed by atoms with E-state index in [-0.39, 0.29) is 5.78 Å². The number of carbonyl (C=O) groups is 2. The fourth-order valence-corrected chi connectivity index (χ4v) is 3.42. The van der Waals surface area contributed by atoms with E-state index in [0.29, 0.717) is 16.7 Å². The van der Waals surface area contributed by atoms with Crippen LogP contribution in [0.25, 0.3) is 10.9 Å². The van der Waals surface area contributed by atoms with Gasteiger partial charge in [0.1, 0.15) is 0 Å². The van der Waals surface area contributed by atoms with Gasteiger partial charge in [-0.05, 0) is 24.1 Å². The summed E-state index contributed by atoms with van der Waals surface area (Å²) in [6.07, 6.45) is 4.50. The average Bonchev–Trinajstić information content (AvgIpc) is 3.22. The maximum Gasteiger partial charge on any atom is 0.340 e. The molecule has 4 rings (SSSR count). The zero-order valence-electron chi connectivity index (χ0n) is 16.0. The summed E-state index contributed by atoms with van der Waals surface area (Å²) in [6.45, 7) is 2.07. The number of para-hydroxylation sites is 1. The molecule has 0 saturated heterocycles. The standard InChI is InChI=1S/C24H20N2O3/c1-2-16-10-6-12-19-20(15-26-21(16)19)22(27)23(17-8-4-3-5-9-17)29-24(28)18-11-7-13-25-14-18/h3-15,23,26H,2H2,1H3/t23-/m1/s1. The Hall–Kier alpha value is -3.73. The van der Waals surface area contributed by atoms with Gasteiger partial charge in [0.05, 0.1) is 5.56 Å². The second-order valence-corrected chi connectivity index (χ2v) is 6.70. The molecule has 0 fully saturated rings. The Labute approximate surface area is 168 Å². The molecule has 0 spiro atoms. The number of aromatic amines is 1. The van der Waals surface area contributed by atoms with Crippen LogP contribution in [0.2, 0.25) is 0 Å². The summed E-state index contributed by atoms with van der Waals surface area (Å²) in [6, 6.07) is 18.2. The molecule has 4 aromatic rings. The lowest BCUT2D eigenvalue weighted by Crippen LogP contribution is -2.20. The molecular formula is C24H20N2O3. The van der Waals surface area contributed by atoms with E-state index in [9.17, 15) is 9.59 Å². The van der Waals surface area contributed by atoms with E-state index in [2.05, 4.69) is 16.9 Å². The minimum Gasteiger partial charge on any atom is -0.445 e. The van der Waals surface area contributed by atoms with E-state index in [0.717, 1.165) is 22.9 Å². The number of aryl methyl sites for hydroxylation is 1. The third-order valence-corrected chi connectivity index (χ3v) is 4.91. The smallest absolute Gasteiger partial charge is 0.340 e. The van der Waals surface area contributed by atoms with E-state index in [1.807, 2.05) is 36.4 Å². The molecule has 0 bridgehead atoms. The highest BCUT2D eigenvalue weighted by Crippen LogP contribution is 2.29. The lowest BCUT2D eigenvalue weighted by Gasteiger charge is -2.17. The largest absolute Gasteiger partial charge is 0.445 e. The number of hydrogen-bond donors (Lipinski definition) is 1. The number of benzene rings is 2. The molecule has 0 amide bonds. The number of rotatable bonds is 6. The first-order valence-corrected chi connectivity index (χ1v) is 9.48. The number of H-pyrrole nitrogens is 1. The molecule has 2 aromatic carbocycles. The van der Waals surface area contributed by atoms with Gasteiger partial charge in [0, 0.05) is 40.6 Å². The van der Waals surface area contributed by atoms with Crippen molar-refractivity contribution in [1.29, 1.82) is 0 Å². The van der Waals surface area contributed by atoms with Gasteiger partial charge in [-0.3, -0.25) is 9.78 Å². The Bertz CT molecular complexity index is 1150. The van der Waals surface area contributed by atoms with Crippen LogP contribution >= 0.6 is 0 Å². The molecule has 1 atom stereocenters. The highest BCUT2D eigenvalue weighted by Gasteiger charge is 2.28. The molecule has 0 aliphatic carbocycles. The first-order chi connectivity index (χ1) is 14.2. The third kappa shape index (κ3) is 3.67. The van der Waals surface area contributed by atoms with Crippen molar-refractivity contribution in [1.82, 2.24) is 9.97 Å². The van der Waals surface area contributed by atoms with Crippen LogP contribution in [0.15, 0.2) is 79.3 Å². The lowest BCUT2D eigenvalue weighted by atomic mass is 9.98. The van der Waals surface area contributed by atoms with E-state index in [1.165, 1.54) is 6.20 Å². The number of Topliss-reactive ketones (excluding diaryl/α,β-unsaturated/α-hetero) is 1. The van der Waals surface area contributed by atoms with Crippen molar-refractivity contribution < 1.29 is 14.3 Å². The van der Waals surface area contributed by atoms with Crippen molar-refractivity contribution >= 4 is 22.7 Å². The number of nitrogens with zero attached hydrogens (tertiary/aromatic N) is 1. The first-order valence-electron chi connectivity index (χ1n) is 9.48. The van der Waals surface area contributed by atoms with Gasteiger partial charge in [0.15, 0.2) is 6.10 Å². The number of nitrogens with one attached hydrogen (secondary N) is 1. The minimum atomic E-state index is -1.05. The molecule has 144 valence electrons. The fourth-order valence-electron chi connectivity index (χ4n) is 3.42. The maximum atomic E-state index is 13.5. The average molecular weight is 384 g/mol. The van der Waals surface area contributed by atoms with Crippen molar-refractivity contribution in [3.8, 4) is 0 Å². The fraction of sp³-hybridized carbons (Fsp3) is 0.125. The predicted molar refractivity (Wildman–Crippen MR) is 111 cm³/mol. The van der Waals surface area contributed by atoms with Gasteiger partial charge in [-0.2, -0.15) is 0 Å². The van der Waals surface area contributed by atoms with E-state index < -0.39 is 12.1 Å². The van der Waals surface area contributed by atoms with E-state index >= 15 is 0 Å². The van der Waals surface area contributed by atoms with Crippen LogP contribution in [-0.4, -0.2) is 21.7 Å². The number of esters is 1. The zero-order chi connectivity index (χ0) is 20.2. The summed E-state index contributed by atoms with van der Waals surface area (Å²) in [5.74, 6) is -0.859. The molecule has 2 heterocycles. The van der Waals surface area contributed by atoms with E-state index in [1.54, 1.807) is 36.7 Å². The predicted octanol–water partition coefficient (Wildman–Crippen LogP) is 4.91. The van der Waals surface area contributed by atoms with Crippen LogP contribution in [0.1, 0.15) is 44.9 Å². The normalized spacial score (nSPS) is 11.9. The summed E-state index contributed by atoms with van der Waals surface area (Å²) in [4.78, 5) is 33.3. The van der Waals surface area contributed by atoms with Crippen molar-refractivity contribution in [3.05, 3.63) is 102 Å². The summed E-state index contributed by atoms with van der Waals surface area (Å²) >= 11 is 0. The number of hydrogen-bond acceptors (Lipinski definition) is 4. The van der Waals surface area contributed by atoms with Crippen molar-refractivity contribution in [2.45, 2.75) is 19.4 Å². The molecule has 0 radical (unpaired) electrons. The van der Waals surface area contributed by atoms with Crippen LogP contribution < -0.4 is 0 Å². The Kier molecular flexibility index (Phi) is 5.20. The number of aromatic nitrogens is 2. The SMILES string of the molecule is CCc1cccc2c(C(=O)[C@H](OC(=O)c3cccnc3)c3ccccc3)c[nH]c12. The van der Waals surface area contributed by atoms with Gasteiger partial charge in [0.25, 0.3) is 0 Å². The Morgan fingerprint density at radius 3 is 2.59 bits per heavy atom. The molecule has 29 heavy (non-hydrogen) atoms. The van der Waals surface area contributed by atoms with Gasteiger partial charge in [-0.1, -0.05) is 55.5 Å². The highest BCUT2D eigenvalue weighted by atomic mass is 16.5. The summed E-state index contributed by atoms with van der Waals surface area (Å²) < 4.78 is 5.67. The van der Waals surface area contributed by atoms with Gasteiger partial charge in [0.2, 0.25) is 5.78 Å². The molecule has 5 heteroatoms. The number of ether oxygens (including phenoxy) is 1. The van der Waals surface area contributed by atoms with Gasteiger partial charge < -0.3 is 9.72 Å². The van der Waals surface area contributed by atoms with Crippen LogP contribution in [0.4, 0.5) is 0 Å². The molecule has 0 saturated carbocycles. The quantitative estimate of drug-likeness (QED) is 0.379. The van der Waals surface area contributed by atoms with Crippen LogP contribution in [0.3, 0.4) is 0 Å². The Morgan fingerprint density at radius 2 is 1.86 bits per heavy atom. The highest BCUT2D eigenvalue weighted by molar-refractivity contribution is 6.11. The number of ketones is 1. The second-order valence-electron chi connectivity index (χ2n) is 6.70. The van der Waals surface area contributed by atoms with Crippen molar-refractivity contribution in [2.75, 3.05) is 0 Å². The van der Waals surface area contributed by atoms with E-state index in [4.69, 9.17) is 4.74 Å². The Morgan fingerprint density at radius 1 is 1.03 bits per heavy atom. The summed E-state index contributed by atoms with van der Waals surface area (Å²) in [5, 5.41) is 0.827. The molecule has 2 aromatic heterocycles. The molecule has 0 aliphatic heterocycles.